The van der Waals surface area contributed by atoms with Gasteiger partial charge in [0.1, 0.15) is 0 Å². The van der Waals surface area contributed by atoms with Crippen molar-refractivity contribution in [2.24, 2.45) is 0 Å². The summed E-state index contributed by atoms with van der Waals surface area (Å²) in [5.41, 5.74) is 0. The van der Waals surface area contributed by atoms with Gasteiger partial charge in [-0.1, -0.05) is 0 Å². The van der Waals surface area contributed by atoms with Gasteiger partial charge >= 0.3 is 36.0 Å². The maximum absolute atomic E-state index is 13.0. The zero-order chi connectivity index (χ0) is 14.6. The van der Waals surface area contributed by atoms with E-state index in [1.54, 1.807) is 0 Å². The first-order valence-corrected chi connectivity index (χ1v) is 3.74. The molecular formula is C6F8O4. The quantitative estimate of drug-likeness (QED) is 0.417. The lowest BCUT2D eigenvalue weighted by molar-refractivity contribution is -0.381. The summed E-state index contributed by atoms with van der Waals surface area (Å²) in [6, 6.07) is -3.65. The number of esters is 1. The second kappa shape index (κ2) is 3.52. The van der Waals surface area contributed by atoms with Crippen molar-refractivity contribution in [2.45, 2.75) is 24.0 Å². The number of hydrogen-bond acceptors (Lipinski definition) is 4. The SMILES string of the molecule is O=C(F)[C@]1(C(F)(F)F)OC(=O)[C@@](F)(C(F)(F)F)O1. The Hall–Kier alpha value is -1.46. The maximum atomic E-state index is 13.0. The first kappa shape index (κ1) is 14.6. The Morgan fingerprint density at radius 2 is 1.50 bits per heavy atom. The van der Waals surface area contributed by atoms with Gasteiger partial charge < -0.3 is 4.74 Å². The molecule has 12 heteroatoms. The topological polar surface area (TPSA) is 52.6 Å². The summed E-state index contributed by atoms with van der Waals surface area (Å²) < 4.78 is 103. The molecule has 1 aliphatic rings. The van der Waals surface area contributed by atoms with Crippen molar-refractivity contribution in [1.82, 2.24) is 0 Å². The number of halogens is 8. The molecule has 0 spiro atoms. The van der Waals surface area contributed by atoms with E-state index >= 15 is 0 Å². The number of carbonyl (C=O) groups is 2. The third-order valence-electron chi connectivity index (χ3n) is 1.78. The second-order valence-electron chi connectivity index (χ2n) is 2.97. The van der Waals surface area contributed by atoms with Crippen LogP contribution < -0.4 is 0 Å². The summed E-state index contributed by atoms with van der Waals surface area (Å²) in [5.74, 6) is -14.1. The fraction of sp³-hybridized carbons (Fsp3) is 0.667. The molecule has 0 aromatic carbocycles. The van der Waals surface area contributed by atoms with Gasteiger partial charge in [0.2, 0.25) is 0 Å². The molecule has 18 heavy (non-hydrogen) atoms. The third-order valence-corrected chi connectivity index (χ3v) is 1.78. The average molecular weight is 288 g/mol. The van der Waals surface area contributed by atoms with E-state index in [0.29, 0.717) is 0 Å². The van der Waals surface area contributed by atoms with Gasteiger partial charge in [-0.15, -0.1) is 0 Å². The van der Waals surface area contributed by atoms with Crippen LogP contribution in [-0.4, -0.2) is 36.0 Å². The zero-order valence-corrected chi connectivity index (χ0v) is 7.66. The molecule has 0 saturated carbocycles. The molecule has 1 rings (SSSR count). The van der Waals surface area contributed by atoms with Crippen LogP contribution in [0, 0.1) is 0 Å². The molecule has 0 N–H and O–H groups in total. The van der Waals surface area contributed by atoms with E-state index in [4.69, 9.17) is 0 Å². The molecule has 0 aliphatic carbocycles. The predicted octanol–water partition coefficient (Wildman–Crippen LogP) is 1.54. The van der Waals surface area contributed by atoms with Gasteiger partial charge in [0.05, 0.1) is 0 Å². The van der Waals surface area contributed by atoms with Crippen molar-refractivity contribution < 1.29 is 54.2 Å². The fourth-order valence-electron chi connectivity index (χ4n) is 0.938. The summed E-state index contributed by atoms with van der Waals surface area (Å²) in [6.07, 6.45) is -12.5. The molecule has 0 unspecified atom stereocenters. The Morgan fingerprint density at radius 1 is 1.06 bits per heavy atom. The predicted molar refractivity (Wildman–Crippen MR) is 32.0 cm³/mol. The molecule has 4 nitrogen and oxygen atoms in total. The summed E-state index contributed by atoms with van der Waals surface area (Å²) in [7, 11) is 0. The van der Waals surface area contributed by atoms with E-state index in [2.05, 4.69) is 9.47 Å². The van der Waals surface area contributed by atoms with Crippen molar-refractivity contribution in [3.8, 4) is 0 Å². The summed E-state index contributed by atoms with van der Waals surface area (Å²) >= 11 is 0. The third kappa shape index (κ3) is 1.71. The largest absolute Gasteiger partial charge is 0.467 e. The highest BCUT2D eigenvalue weighted by molar-refractivity contribution is 5.89. The van der Waals surface area contributed by atoms with E-state index < -0.39 is 36.0 Å². The van der Waals surface area contributed by atoms with Gasteiger partial charge in [-0.2, -0.15) is 35.1 Å². The highest BCUT2D eigenvalue weighted by atomic mass is 19.4. The van der Waals surface area contributed by atoms with Crippen LogP contribution in [0.25, 0.3) is 0 Å². The Kier molecular flexibility index (Phi) is 2.86. The summed E-state index contributed by atoms with van der Waals surface area (Å²) in [6.45, 7) is 0. The Balaban J connectivity index is 3.34. The average Bonchev–Trinajstić information content (AvgIpc) is 2.39. The highest BCUT2D eigenvalue weighted by Gasteiger charge is 2.83. The number of carbonyl (C=O) groups excluding carboxylic acids is 2. The van der Waals surface area contributed by atoms with Gasteiger partial charge in [0, 0.05) is 0 Å². The molecular weight excluding hydrogens is 288 g/mol. The van der Waals surface area contributed by atoms with Gasteiger partial charge in [-0.05, 0) is 0 Å². The lowest BCUT2D eigenvalue weighted by atomic mass is 10.3. The lowest BCUT2D eigenvalue weighted by Crippen LogP contribution is -2.55. The number of alkyl halides is 7. The van der Waals surface area contributed by atoms with E-state index in [0.717, 1.165) is 0 Å². The number of ether oxygens (including phenoxy) is 2. The van der Waals surface area contributed by atoms with E-state index in [1.165, 1.54) is 0 Å². The van der Waals surface area contributed by atoms with Gasteiger partial charge in [-0.25, -0.2) is 4.79 Å². The van der Waals surface area contributed by atoms with Crippen LogP contribution >= 0.6 is 0 Å². The standard InChI is InChI=1S/C6F8O4/c7-1(15)4(6(12,13)14)17-2(16)3(8,18-4)5(9,10)11/t3-,4-/m0/s1. The van der Waals surface area contributed by atoms with Gasteiger partial charge in [-0.3, -0.25) is 9.53 Å². The van der Waals surface area contributed by atoms with Crippen molar-refractivity contribution in [1.29, 1.82) is 0 Å². The molecule has 1 aliphatic heterocycles. The van der Waals surface area contributed by atoms with Crippen LogP contribution in [-0.2, 0) is 19.1 Å². The van der Waals surface area contributed by atoms with Crippen LogP contribution in [0.15, 0.2) is 0 Å². The Labute approximate surface area is 91.4 Å². The number of hydrogen-bond donors (Lipinski definition) is 0. The van der Waals surface area contributed by atoms with Crippen molar-refractivity contribution in [3.05, 3.63) is 0 Å². The Morgan fingerprint density at radius 3 is 1.67 bits per heavy atom. The van der Waals surface area contributed by atoms with E-state index in [1.807, 2.05) is 0 Å². The lowest BCUT2D eigenvalue weighted by Gasteiger charge is -2.25. The second-order valence-corrected chi connectivity index (χ2v) is 2.97. The van der Waals surface area contributed by atoms with Gasteiger partial charge in [0.15, 0.2) is 0 Å². The smallest absolute Gasteiger partial charge is 0.410 e. The molecule has 2 atom stereocenters. The van der Waals surface area contributed by atoms with Crippen LogP contribution in [0.4, 0.5) is 35.1 Å². The van der Waals surface area contributed by atoms with E-state index in [-0.39, 0.29) is 0 Å². The molecule has 104 valence electrons. The number of cyclic esters (lactones) is 1. The summed E-state index contributed by atoms with van der Waals surface area (Å²) in [4.78, 5) is 20.5. The maximum Gasteiger partial charge on any atom is 0.467 e. The molecule has 0 amide bonds. The van der Waals surface area contributed by atoms with Crippen LogP contribution in [0.2, 0.25) is 0 Å². The minimum atomic E-state index is -6.29. The molecule has 1 fully saturated rings. The zero-order valence-electron chi connectivity index (χ0n) is 7.66. The molecule has 1 heterocycles. The van der Waals surface area contributed by atoms with Crippen LogP contribution in [0.3, 0.4) is 0 Å². The normalized spacial score (nSPS) is 33.4. The first-order chi connectivity index (χ1) is 7.78. The van der Waals surface area contributed by atoms with Gasteiger partial charge in [0.25, 0.3) is 0 Å². The molecule has 1 saturated heterocycles. The molecule has 0 aromatic rings. The monoisotopic (exact) mass is 288 g/mol. The Bertz CT molecular complexity index is 399. The highest BCUT2D eigenvalue weighted by Crippen LogP contribution is 2.50. The molecule has 0 radical (unpaired) electrons. The fourth-order valence-corrected chi connectivity index (χ4v) is 0.938. The number of rotatable bonds is 1. The van der Waals surface area contributed by atoms with E-state index in [9.17, 15) is 44.7 Å². The van der Waals surface area contributed by atoms with Crippen molar-refractivity contribution in [3.63, 3.8) is 0 Å². The van der Waals surface area contributed by atoms with Crippen molar-refractivity contribution in [2.75, 3.05) is 0 Å². The minimum absolute atomic E-state index is 2.63. The molecule has 0 aromatic heterocycles. The minimum Gasteiger partial charge on any atom is -0.410 e. The van der Waals surface area contributed by atoms with Crippen LogP contribution in [0.1, 0.15) is 0 Å². The first-order valence-electron chi connectivity index (χ1n) is 3.74. The van der Waals surface area contributed by atoms with Crippen LogP contribution in [0.5, 0.6) is 0 Å². The summed E-state index contributed by atoms with van der Waals surface area (Å²) in [5, 5.41) is 0. The van der Waals surface area contributed by atoms with Crippen molar-refractivity contribution >= 4 is 12.0 Å². The molecule has 0 bridgehead atoms.